The smallest absolute Gasteiger partial charge is 0.341 e. The number of carbonyl (C=O) groups excluding carboxylic acids is 2. The van der Waals surface area contributed by atoms with Gasteiger partial charge >= 0.3 is 5.97 Å². The van der Waals surface area contributed by atoms with Gasteiger partial charge < -0.3 is 14.5 Å². The molecule has 0 radical (unpaired) electrons. The zero-order chi connectivity index (χ0) is 22.5. The summed E-state index contributed by atoms with van der Waals surface area (Å²) >= 11 is 2.66. The van der Waals surface area contributed by atoms with Gasteiger partial charge in [0.05, 0.1) is 17.9 Å². The second-order valence-electron chi connectivity index (χ2n) is 7.57. The number of thiophene rings is 1. The van der Waals surface area contributed by atoms with Gasteiger partial charge in [-0.25, -0.2) is 4.79 Å². The molecule has 168 valence electrons. The molecule has 1 aromatic carbocycles. The van der Waals surface area contributed by atoms with E-state index in [0.717, 1.165) is 48.8 Å². The minimum Gasteiger partial charge on any atom is -0.462 e. The molecule has 0 fully saturated rings. The summed E-state index contributed by atoms with van der Waals surface area (Å²) in [5, 5.41) is 11.9. The van der Waals surface area contributed by atoms with E-state index in [1.54, 1.807) is 6.92 Å². The molecule has 9 heteroatoms. The second kappa shape index (κ2) is 10.3. The molecule has 1 N–H and O–H groups in total. The summed E-state index contributed by atoms with van der Waals surface area (Å²) in [4.78, 5) is 26.5. The lowest BCUT2D eigenvalue weighted by Crippen LogP contribution is -2.16. The van der Waals surface area contributed by atoms with Crippen LogP contribution in [0.15, 0.2) is 33.9 Å². The number of amides is 1. The lowest BCUT2D eigenvalue weighted by molar-refractivity contribution is -0.113. The van der Waals surface area contributed by atoms with Crippen LogP contribution in [0, 0.1) is 6.92 Å². The molecule has 32 heavy (non-hydrogen) atoms. The average Bonchev–Trinajstić information content (AvgIpc) is 3.31. The number of rotatable bonds is 7. The molecule has 0 saturated carbocycles. The van der Waals surface area contributed by atoms with Crippen molar-refractivity contribution in [1.82, 2.24) is 10.2 Å². The lowest BCUT2D eigenvalue weighted by atomic mass is 10.1. The number of nitrogens with zero attached hydrogens (tertiary/aromatic N) is 2. The number of thioether (sulfide) groups is 1. The number of esters is 1. The van der Waals surface area contributed by atoms with Crippen LogP contribution in [0.2, 0.25) is 0 Å². The molecule has 1 aliphatic rings. The van der Waals surface area contributed by atoms with Crippen LogP contribution in [-0.2, 0) is 22.4 Å². The van der Waals surface area contributed by atoms with Gasteiger partial charge in [-0.2, -0.15) is 0 Å². The molecule has 0 aliphatic heterocycles. The number of fused-ring (bicyclic) bond motifs is 1. The van der Waals surface area contributed by atoms with E-state index in [4.69, 9.17) is 9.15 Å². The number of ether oxygens (including phenoxy) is 1. The summed E-state index contributed by atoms with van der Waals surface area (Å²) in [5.74, 6) is -0.0784. The monoisotopic (exact) mass is 471 g/mol. The summed E-state index contributed by atoms with van der Waals surface area (Å²) in [5.41, 5.74) is 3.49. The van der Waals surface area contributed by atoms with Crippen molar-refractivity contribution < 1.29 is 18.7 Å². The van der Waals surface area contributed by atoms with E-state index in [-0.39, 0.29) is 17.6 Å². The maximum Gasteiger partial charge on any atom is 0.341 e. The van der Waals surface area contributed by atoms with E-state index in [1.807, 2.05) is 31.2 Å². The zero-order valence-electron chi connectivity index (χ0n) is 18.1. The number of hydrogen-bond acceptors (Lipinski definition) is 8. The van der Waals surface area contributed by atoms with Crippen molar-refractivity contribution in [2.45, 2.75) is 51.2 Å². The lowest BCUT2D eigenvalue weighted by Gasteiger charge is -2.08. The molecule has 4 rings (SSSR count). The van der Waals surface area contributed by atoms with Crippen molar-refractivity contribution in [2.24, 2.45) is 0 Å². The van der Waals surface area contributed by atoms with Gasteiger partial charge in [0.15, 0.2) is 0 Å². The van der Waals surface area contributed by atoms with Crippen molar-refractivity contribution in [3.63, 3.8) is 0 Å². The average molecular weight is 472 g/mol. The van der Waals surface area contributed by atoms with Gasteiger partial charge in [0.2, 0.25) is 11.8 Å². The summed E-state index contributed by atoms with van der Waals surface area (Å²) < 4.78 is 11.0. The van der Waals surface area contributed by atoms with Gasteiger partial charge in [0.1, 0.15) is 5.00 Å². The molecule has 2 aromatic heterocycles. The third-order valence-corrected chi connectivity index (χ3v) is 7.18. The van der Waals surface area contributed by atoms with Crippen LogP contribution < -0.4 is 5.32 Å². The van der Waals surface area contributed by atoms with Crippen LogP contribution in [0.4, 0.5) is 5.00 Å². The van der Waals surface area contributed by atoms with Crippen molar-refractivity contribution >= 4 is 40.0 Å². The Kier molecular flexibility index (Phi) is 7.26. The third-order valence-electron chi connectivity index (χ3n) is 5.15. The predicted octanol–water partition coefficient (Wildman–Crippen LogP) is 5.28. The van der Waals surface area contributed by atoms with E-state index in [9.17, 15) is 9.59 Å². The maximum absolute atomic E-state index is 12.7. The minimum absolute atomic E-state index is 0.0975. The number of hydrogen-bond donors (Lipinski definition) is 1. The van der Waals surface area contributed by atoms with Gasteiger partial charge in [-0.3, -0.25) is 4.79 Å². The van der Waals surface area contributed by atoms with E-state index < -0.39 is 0 Å². The van der Waals surface area contributed by atoms with Crippen molar-refractivity contribution in [1.29, 1.82) is 0 Å². The van der Waals surface area contributed by atoms with Crippen molar-refractivity contribution in [3.8, 4) is 11.5 Å². The topological polar surface area (TPSA) is 94.3 Å². The number of carbonyl (C=O) groups is 2. The normalized spacial score (nSPS) is 13.3. The Morgan fingerprint density at radius 1 is 1.22 bits per heavy atom. The number of aryl methyl sites for hydroxylation is 2. The summed E-state index contributed by atoms with van der Waals surface area (Å²) in [6.07, 6.45) is 5.06. The SMILES string of the molecule is CCOC(=O)c1c(NC(=O)CSc2nnc(-c3cccc(C)c3)o2)sc2c1CCCCC2. The van der Waals surface area contributed by atoms with Gasteiger partial charge in [0, 0.05) is 10.4 Å². The van der Waals surface area contributed by atoms with Gasteiger partial charge in [-0.1, -0.05) is 35.9 Å². The molecule has 0 atom stereocenters. The first-order valence-electron chi connectivity index (χ1n) is 10.7. The van der Waals surface area contributed by atoms with E-state index in [2.05, 4.69) is 15.5 Å². The predicted molar refractivity (Wildman–Crippen MR) is 125 cm³/mol. The molecule has 2 heterocycles. The Hall–Kier alpha value is -2.65. The molecule has 7 nitrogen and oxygen atoms in total. The van der Waals surface area contributed by atoms with Gasteiger partial charge in [0.25, 0.3) is 5.22 Å². The first-order valence-corrected chi connectivity index (χ1v) is 12.5. The van der Waals surface area contributed by atoms with E-state index in [1.165, 1.54) is 28.0 Å². The molecule has 1 aliphatic carbocycles. The van der Waals surface area contributed by atoms with Crippen LogP contribution in [0.5, 0.6) is 0 Å². The first kappa shape index (κ1) is 22.5. The highest BCUT2D eigenvalue weighted by Crippen LogP contribution is 2.38. The first-order chi connectivity index (χ1) is 15.5. The minimum atomic E-state index is -0.366. The maximum atomic E-state index is 12.7. The highest BCUT2D eigenvalue weighted by atomic mass is 32.2. The Balaban J connectivity index is 1.44. The Morgan fingerprint density at radius 2 is 2.06 bits per heavy atom. The molecule has 0 unspecified atom stereocenters. The van der Waals surface area contributed by atoms with Gasteiger partial charge in [-0.05, 0) is 57.2 Å². The number of aromatic nitrogens is 2. The molecule has 1 amide bonds. The summed E-state index contributed by atoms with van der Waals surface area (Å²) in [6, 6.07) is 7.79. The summed E-state index contributed by atoms with van der Waals surface area (Å²) in [7, 11) is 0. The molecular weight excluding hydrogens is 446 g/mol. The Labute approximate surface area is 195 Å². The fraction of sp³-hybridized carbons (Fsp3) is 0.391. The quantitative estimate of drug-likeness (QED) is 0.284. The van der Waals surface area contributed by atoms with Crippen LogP contribution in [-0.4, -0.2) is 34.4 Å². The standard InChI is InChI=1S/C23H25N3O4S2/c1-3-29-22(28)19-16-10-5-4-6-11-17(16)32-21(19)24-18(27)13-31-23-26-25-20(30-23)15-9-7-8-14(2)12-15/h7-9,12H,3-6,10-11,13H2,1-2H3,(H,24,27). The fourth-order valence-corrected chi connectivity index (χ4v) is 5.56. The second-order valence-corrected chi connectivity index (χ2v) is 9.60. The van der Waals surface area contributed by atoms with Crippen LogP contribution in [0.1, 0.15) is 52.5 Å². The Bertz CT molecular complexity index is 1120. The van der Waals surface area contributed by atoms with Crippen molar-refractivity contribution in [3.05, 3.63) is 45.8 Å². The molecular formula is C23H25N3O4S2. The number of nitrogens with one attached hydrogen (secondary N) is 1. The van der Waals surface area contributed by atoms with Crippen LogP contribution >= 0.6 is 23.1 Å². The molecule has 0 saturated heterocycles. The van der Waals surface area contributed by atoms with Gasteiger partial charge in [-0.15, -0.1) is 21.5 Å². The summed E-state index contributed by atoms with van der Waals surface area (Å²) in [6.45, 7) is 4.08. The van der Waals surface area contributed by atoms with E-state index in [0.29, 0.717) is 28.3 Å². The number of anilines is 1. The van der Waals surface area contributed by atoms with E-state index >= 15 is 0 Å². The molecule has 3 aromatic rings. The highest BCUT2D eigenvalue weighted by Gasteiger charge is 2.26. The fourth-order valence-electron chi connectivity index (χ4n) is 3.70. The molecule has 0 bridgehead atoms. The van der Waals surface area contributed by atoms with Crippen molar-refractivity contribution in [2.75, 3.05) is 17.7 Å². The Morgan fingerprint density at radius 3 is 2.88 bits per heavy atom. The zero-order valence-corrected chi connectivity index (χ0v) is 19.7. The van der Waals surface area contributed by atoms with Crippen LogP contribution in [0.25, 0.3) is 11.5 Å². The number of benzene rings is 1. The molecule has 0 spiro atoms. The highest BCUT2D eigenvalue weighted by molar-refractivity contribution is 7.99. The largest absolute Gasteiger partial charge is 0.462 e. The third kappa shape index (κ3) is 5.21. The van der Waals surface area contributed by atoms with Crippen LogP contribution in [0.3, 0.4) is 0 Å².